The molecule has 3 aromatic rings. The summed E-state index contributed by atoms with van der Waals surface area (Å²) in [4.78, 5) is 34.9. The molecule has 0 aliphatic rings. The van der Waals surface area contributed by atoms with Gasteiger partial charge in [0.05, 0.1) is 0 Å². The lowest BCUT2D eigenvalue weighted by molar-refractivity contribution is 0.705. The van der Waals surface area contributed by atoms with E-state index in [-0.39, 0.29) is 17.0 Å². The summed E-state index contributed by atoms with van der Waals surface area (Å²) in [6.45, 7) is 0. The molecule has 0 saturated carbocycles. The van der Waals surface area contributed by atoms with E-state index in [0.29, 0.717) is 5.69 Å². The van der Waals surface area contributed by atoms with E-state index >= 15 is 0 Å². The van der Waals surface area contributed by atoms with Crippen molar-refractivity contribution in [3.05, 3.63) is 45.1 Å². The smallest absolute Gasteiger partial charge is 0.332 e. The molecule has 0 radical (unpaired) electrons. The van der Waals surface area contributed by atoms with Crippen molar-refractivity contribution in [1.29, 1.82) is 0 Å². The van der Waals surface area contributed by atoms with Crippen LogP contribution in [0.4, 0.5) is 11.5 Å². The van der Waals surface area contributed by atoms with Crippen molar-refractivity contribution in [3.63, 3.8) is 0 Å². The Kier molecular flexibility index (Phi) is 3.59. The lowest BCUT2D eigenvalue weighted by atomic mass is 10.1. The fraction of sp³-hybridized carbons (Fsp3) is 0.250. The van der Waals surface area contributed by atoms with Crippen molar-refractivity contribution in [2.45, 2.75) is 0 Å². The monoisotopic (exact) mass is 326 g/mol. The van der Waals surface area contributed by atoms with Crippen LogP contribution >= 0.6 is 0 Å². The normalized spacial score (nSPS) is 11.0. The van der Waals surface area contributed by atoms with Gasteiger partial charge in [-0.25, -0.2) is 14.8 Å². The molecule has 0 atom stereocenters. The van der Waals surface area contributed by atoms with Crippen LogP contribution in [0.3, 0.4) is 0 Å². The second-order valence-electron chi connectivity index (χ2n) is 5.78. The first kappa shape index (κ1) is 15.7. The SMILES string of the molecule is CN(C)c1ccc(-c2nc3c(=O)n(C)c(=O)n(C)c3nc2N)cc1. The van der Waals surface area contributed by atoms with Crippen LogP contribution in [0.5, 0.6) is 0 Å². The summed E-state index contributed by atoms with van der Waals surface area (Å²) in [5, 5.41) is 0. The first-order valence-electron chi connectivity index (χ1n) is 7.32. The van der Waals surface area contributed by atoms with Crippen LogP contribution in [0.15, 0.2) is 33.9 Å². The Bertz CT molecular complexity index is 1050. The molecule has 0 spiro atoms. The van der Waals surface area contributed by atoms with E-state index in [0.717, 1.165) is 15.8 Å². The highest BCUT2D eigenvalue weighted by atomic mass is 16.2. The molecular formula is C16H18N6O2. The average molecular weight is 326 g/mol. The molecule has 3 rings (SSSR count). The Labute approximate surface area is 137 Å². The van der Waals surface area contributed by atoms with E-state index in [1.54, 1.807) is 0 Å². The van der Waals surface area contributed by atoms with Gasteiger partial charge in [-0.2, -0.15) is 0 Å². The standard InChI is InChI=1S/C16H18N6O2/c1-20(2)10-7-5-9(6-8-10)11-13(17)19-14-12(18-11)15(23)22(4)16(24)21(14)3/h5-8H,1-4H3,(H2,17,19). The minimum absolute atomic E-state index is 0.112. The third kappa shape index (κ3) is 2.32. The zero-order chi connectivity index (χ0) is 17.6. The number of hydrogen-bond donors (Lipinski definition) is 1. The van der Waals surface area contributed by atoms with E-state index in [2.05, 4.69) is 9.97 Å². The molecule has 0 fully saturated rings. The molecule has 0 amide bonds. The van der Waals surface area contributed by atoms with Crippen molar-refractivity contribution < 1.29 is 0 Å². The van der Waals surface area contributed by atoms with E-state index in [1.165, 1.54) is 18.7 Å². The molecule has 0 aliphatic heterocycles. The predicted octanol–water partition coefficient (Wildman–Crippen LogP) is 0.342. The average Bonchev–Trinajstić information content (AvgIpc) is 2.58. The molecular weight excluding hydrogens is 308 g/mol. The summed E-state index contributed by atoms with van der Waals surface area (Å²) < 4.78 is 2.27. The van der Waals surface area contributed by atoms with Crippen LogP contribution in [-0.2, 0) is 14.1 Å². The van der Waals surface area contributed by atoms with Crippen LogP contribution in [0.25, 0.3) is 22.4 Å². The van der Waals surface area contributed by atoms with Crippen molar-refractivity contribution in [1.82, 2.24) is 19.1 Å². The Morgan fingerprint density at radius 2 is 1.62 bits per heavy atom. The van der Waals surface area contributed by atoms with Crippen LogP contribution < -0.4 is 21.9 Å². The minimum Gasteiger partial charge on any atom is -0.382 e. The number of nitrogen functional groups attached to an aromatic ring is 1. The largest absolute Gasteiger partial charge is 0.382 e. The Balaban J connectivity index is 2.28. The van der Waals surface area contributed by atoms with Gasteiger partial charge in [0.15, 0.2) is 17.0 Å². The zero-order valence-electron chi connectivity index (χ0n) is 13.9. The van der Waals surface area contributed by atoms with Gasteiger partial charge in [-0.3, -0.25) is 13.9 Å². The second-order valence-corrected chi connectivity index (χ2v) is 5.78. The lowest BCUT2D eigenvalue weighted by Gasteiger charge is -2.13. The third-order valence-electron chi connectivity index (χ3n) is 3.96. The summed E-state index contributed by atoms with van der Waals surface area (Å²) in [6.07, 6.45) is 0. The number of aryl methyl sites for hydroxylation is 1. The highest BCUT2D eigenvalue weighted by molar-refractivity contribution is 5.80. The molecule has 2 heterocycles. The third-order valence-corrected chi connectivity index (χ3v) is 3.96. The highest BCUT2D eigenvalue weighted by Crippen LogP contribution is 2.25. The van der Waals surface area contributed by atoms with Gasteiger partial charge in [0, 0.05) is 39.4 Å². The van der Waals surface area contributed by atoms with Gasteiger partial charge in [0.1, 0.15) is 5.69 Å². The van der Waals surface area contributed by atoms with Crippen LogP contribution in [0, 0.1) is 0 Å². The minimum atomic E-state index is -0.494. The quantitative estimate of drug-likeness (QED) is 0.729. The van der Waals surface area contributed by atoms with Crippen LogP contribution in [-0.4, -0.2) is 33.2 Å². The molecule has 0 unspecified atom stereocenters. The maximum Gasteiger partial charge on any atom is 0.332 e. The summed E-state index contributed by atoms with van der Waals surface area (Å²) in [5.74, 6) is 0.170. The number of nitrogens with zero attached hydrogens (tertiary/aromatic N) is 5. The second kappa shape index (κ2) is 5.48. The predicted molar refractivity (Wildman–Crippen MR) is 94.2 cm³/mol. The van der Waals surface area contributed by atoms with Crippen molar-refractivity contribution in [2.24, 2.45) is 14.1 Å². The summed E-state index contributed by atoms with van der Waals surface area (Å²) in [6, 6.07) is 7.60. The Hall–Kier alpha value is -3.16. The maximum absolute atomic E-state index is 12.3. The number of rotatable bonds is 2. The van der Waals surface area contributed by atoms with Gasteiger partial charge < -0.3 is 10.6 Å². The van der Waals surface area contributed by atoms with E-state index in [9.17, 15) is 9.59 Å². The topological polar surface area (TPSA) is 99.0 Å². The number of nitrogens with two attached hydrogens (primary N) is 1. The molecule has 0 aliphatic carbocycles. The van der Waals surface area contributed by atoms with Gasteiger partial charge in [0.2, 0.25) is 0 Å². The van der Waals surface area contributed by atoms with E-state index < -0.39 is 11.2 Å². The van der Waals surface area contributed by atoms with E-state index in [1.807, 2.05) is 43.3 Å². The zero-order valence-corrected chi connectivity index (χ0v) is 13.9. The summed E-state index contributed by atoms with van der Waals surface area (Å²) >= 11 is 0. The van der Waals surface area contributed by atoms with Gasteiger partial charge in [-0.15, -0.1) is 0 Å². The van der Waals surface area contributed by atoms with Crippen LogP contribution in [0.2, 0.25) is 0 Å². The van der Waals surface area contributed by atoms with Crippen molar-refractivity contribution in [2.75, 3.05) is 24.7 Å². The maximum atomic E-state index is 12.3. The van der Waals surface area contributed by atoms with Crippen molar-refractivity contribution in [3.8, 4) is 11.3 Å². The number of aromatic nitrogens is 4. The molecule has 0 saturated heterocycles. The van der Waals surface area contributed by atoms with E-state index in [4.69, 9.17) is 5.73 Å². The van der Waals surface area contributed by atoms with Gasteiger partial charge in [-0.05, 0) is 12.1 Å². The van der Waals surface area contributed by atoms with Crippen LogP contribution in [0.1, 0.15) is 0 Å². The molecule has 0 bridgehead atoms. The van der Waals surface area contributed by atoms with Gasteiger partial charge >= 0.3 is 5.69 Å². The Morgan fingerprint density at radius 1 is 1.00 bits per heavy atom. The molecule has 2 aromatic heterocycles. The van der Waals surface area contributed by atoms with Gasteiger partial charge in [-0.1, -0.05) is 12.1 Å². The number of benzene rings is 1. The molecule has 8 heteroatoms. The molecule has 2 N–H and O–H groups in total. The molecule has 124 valence electrons. The number of anilines is 2. The molecule has 8 nitrogen and oxygen atoms in total. The first-order valence-corrected chi connectivity index (χ1v) is 7.32. The summed E-state index contributed by atoms with van der Waals surface area (Å²) in [5.41, 5.74) is 7.55. The molecule has 24 heavy (non-hydrogen) atoms. The Morgan fingerprint density at radius 3 is 2.21 bits per heavy atom. The number of fused-ring (bicyclic) bond motifs is 1. The lowest BCUT2D eigenvalue weighted by Crippen LogP contribution is -2.37. The van der Waals surface area contributed by atoms with Crippen molar-refractivity contribution >= 4 is 22.7 Å². The fourth-order valence-electron chi connectivity index (χ4n) is 2.51. The van der Waals surface area contributed by atoms with Gasteiger partial charge in [0.25, 0.3) is 5.56 Å². The molecule has 1 aromatic carbocycles. The number of hydrogen-bond acceptors (Lipinski definition) is 6. The fourth-order valence-corrected chi connectivity index (χ4v) is 2.51. The summed E-state index contributed by atoms with van der Waals surface area (Å²) in [7, 11) is 6.84. The highest BCUT2D eigenvalue weighted by Gasteiger charge is 2.15. The first-order chi connectivity index (χ1) is 11.3.